The highest BCUT2D eigenvalue weighted by Gasteiger charge is 2.54. The second-order valence-corrected chi connectivity index (χ2v) is 7.08. The number of carbonyl (C=O) groups is 1. The van der Waals surface area contributed by atoms with Crippen LogP contribution in [0.2, 0.25) is 0 Å². The number of piperidine rings is 1. The highest BCUT2D eigenvalue weighted by molar-refractivity contribution is 6.23. The molecule has 1 N–H and O–H groups in total. The van der Waals surface area contributed by atoms with Gasteiger partial charge in [-0.05, 0) is 50.3 Å². The van der Waals surface area contributed by atoms with Gasteiger partial charge in [0, 0.05) is 20.1 Å². The van der Waals surface area contributed by atoms with E-state index in [2.05, 4.69) is 12.1 Å². The molecule has 25 heavy (non-hydrogen) atoms. The number of nitrogens with zero attached hydrogens (tertiary/aromatic N) is 2. The maximum atomic E-state index is 13.1. The molecule has 0 bridgehead atoms. The van der Waals surface area contributed by atoms with Gasteiger partial charge in [0.1, 0.15) is 5.54 Å². The molecule has 6 nitrogen and oxygen atoms in total. The number of aryl methyl sites for hydroxylation is 3. The first kappa shape index (κ1) is 17.9. The Kier molecular flexibility index (Phi) is 4.62. The Balaban J connectivity index is 2.15. The van der Waals surface area contributed by atoms with Gasteiger partial charge in [0.05, 0.1) is 12.7 Å². The average Bonchev–Trinajstić information content (AvgIpc) is 2.77. The lowest BCUT2D eigenvalue weighted by Gasteiger charge is -2.42. The van der Waals surface area contributed by atoms with Crippen molar-refractivity contribution >= 4 is 11.5 Å². The van der Waals surface area contributed by atoms with Crippen molar-refractivity contribution in [1.82, 2.24) is 9.96 Å². The zero-order chi connectivity index (χ0) is 18.4. The number of likely N-dealkylation sites (N-methyl/N-ethyl adjacent to an activating group) is 1. The van der Waals surface area contributed by atoms with E-state index in [0.717, 1.165) is 22.3 Å². The van der Waals surface area contributed by atoms with Crippen molar-refractivity contribution in [2.24, 2.45) is 0 Å². The van der Waals surface area contributed by atoms with E-state index in [-0.39, 0.29) is 5.91 Å². The highest BCUT2D eigenvalue weighted by Crippen LogP contribution is 2.46. The summed E-state index contributed by atoms with van der Waals surface area (Å²) in [6.45, 7) is 7.35. The fourth-order valence-electron chi connectivity index (χ4n) is 4.37. The lowest BCUT2D eigenvalue weighted by Crippen LogP contribution is -2.53. The third-order valence-electron chi connectivity index (χ3n) is 5.64. The summed E-state index contributed by atoms with van der Waals surface area (Å²) in [5, 5.41) is 11.6. The molecule has 0 saturated carbocycles. The van der Waals surface area contributed by atoms with Crippen molar-refractivity contribution in [1.29, 1.82) is 0 Å². The summed E-state index contributed by atoms with van der Waals surface area (Å²) in [5.41, 5.74) is 3.88. The molecule has 2 heterocycles. The van der Waals surface area contributed by atoms with E-state index in [1.54, 1.807) is 19.1 Å². The molecule has 0 aliphatic carbocycles. The zero-order valence-electron chi connectivity index (χ0n) is 15.5. The van der Waals surface area contributed by atoms with Crippen molar-refractivity contribution < 1.29 is 19.8 Å². The molecule has 1 aromatic rings. The molecule has 2 aliphatic rings. The van der Waals surface area contributed by atoms with Gasteiger partial charge >= 0.3 is 0 Å². The number of hydrogen-bond acceptors (Lipinski definition) is 5. The predicted molar refractivity (Wildman–Crippen MR) is 94.6 cm³/mol. The summed E-state index contributed by atoms with van der Waals surface area (Å²) >= 11 is 0. The van der Waals surface area contributed by atoms with Crippen LogP contribution in [0.25, 0.3) is 5.57 Å². The van der Waals surface area contributed by atoms with Gasteiger partial charge in [0.2, 0.25) is 0 Å². The third kappa shape index (κ3) is 2.65. The summed E-state index contributed by atoms with van der Waals surface area (Å²) in [7, 11) is 3.43. The second-order valence-electron chi connectivity index (χ2n) is 7.08. The number of amides is 1. The molecule has 0 atom stereocenters. The molecule has 0 unspecified atom stereocenters. The topological polar surface area (TPSA) is 62.2 Å². The monoisotopic (exact) mass is 346 g/mol. The van der Waals surface area contributed by atoms with Crippen molar-refractivity contribution in [3.63, 3.8) is 0 Å². The second kappa shape index (κ2) is 6.44. The van der Waals surface area contributed by atoms with Gasteiger partial charge in [-0.25, -0.2) is 5.26 Å². The molecule has 1 fully saturated rings. The number of hydroxylamine groups is 2. The SMILES string of the molecule is CON1CCC2(CC1)C(OO)=C(c1c(C)cc(C)cc1C)C(=O)N2C. The Morgan fingerprint density at radius 3 is 2.16 bits per heavy atom. The van der Waals surface area contributed by atoms with Crippen LogP contribution in [0.15, 0.2) is 17.9 Å². The van der Waals surface area contributed by atoms with Crippen molar-refractivity contribution in [2.75, 3.05) is 27.2 Å². The van der Waals surface area contributed by atoms with Gasteiger partial charge in [-0.3, -0.25) is 4.79 Å². The quantitative estimate of drug-likeness (QED) is 0.673. The van der Waals surface area contributed by atoms with Crippen LogP contribution in [0.3, 0.4) is 0 Å². The van der Waals surface area contributed by atoms with Crippen LogP contribution in [0.5, 0.6) is 0 Å². The van der Waals surface area contributed by atoms with Gasteiger partial charge < -0.3 is 14.6 Å². The molecule has 0 radical (unpaired) electrons. The standard InChI is InChI=1S/C19H26N2O4/c1-12-10-13(2)15(14(3)11-12)16-17(25-23)19(20(4)18(16)22)6-8-21(24-5)9-7-19/h10-11,23H,6-9H2,1-5H3. The molecule has 1 amide bonds. The number of carbonyl (C=O) groups excluding carboxylic acids is 1. The highest BCUT2D eigenvalue weighted by atomic mass is 17.1. The minimum atomic E-state index is -0.625. The average molecular weight is 346 g/mol. The lowest BCUT2D eigenvalue weighted by atomic mass is 9.84. The normalized spacial score (nSPS) is 20.7. The summed E-state index contributed by atoms with van der Waals surface area (Å²) in [4.78, 5) is 25.0. The van der Waals surface area contributed by atoms with Gasteiger partial charge in [-0.2, -0.15) is 5.06 Å². The van der Waals surface area contributed by atoms with E-state index in [4.69, 9.17) is 9.73 Å². The molecule has 6 heteroatoms. The van der Waals surface area contributed by atoms with E-state index < -0.39 is 5.54 Å². The van der Waals surface area contributed by atoms with Crippen molar-refractivity contribution in [3.8, 4) is 0 Å². The molecule has 0 aromatic heterocycles. The molecule has 2 aliphatic heterocycles. The molecule has 136 valence electrons. The predicted octanol–water partition coefficient (Wildman–Crippen LogP) is 2.68. The molecule has 1 spiro atoms. The van der Waals surface area contributed by atoms with E-state index in [0.29, 0.717) is 37.3 Å². The lowest BCUT2D eigenvalue weighted by molar-refractivity contribution is -0.226. The fourth-order valence-corrected chi connectivity index (χ4v) is 4.37. The molecule has 3 rings (SSSR count). The maximum absolute atomic E-state index is 13.1. The fraction of sp³-hybridized carbons (Fsp3) is 0.526. The Morgan fingerprint density at radius 2 is 1.68 bits per heavy atom. The molecule has 1 saturated heterocycles. The van der Waals surface area contributed by atoms with Crippen molar-refractivity contribution in [3.05, 3.63) is 40.1 Å². The zero-order valence-corrected chi connectivity index (χ0v) is 15.5. The maximum Gasteiger partial charge on any atom is 0.258 e. The van der Waals surface area contributed by atoms with E-state index in [1.807, 2.05) is 25.8 Å². The molecular weight excluding hydrogens is 320 g/mol. The van der Waals surface area contributed by atoms with Crippen LogP contribution in [0.1, 0.15) is 35.1 Å². The molecular formula is C19H26N2O4. The third-order valence-corrected chi connectivity index (χ3v) is 5.64. The summed E-state index contributed by atoms with van der Waals surface area (Å²) in [6.07, 6.45) is 1.29. The van der Waals surface area contributed by atoms with Crippen LogP contribution in [0, 0.1) is 20.8 Å². The first-order valence-corrected chi connectivity index (χ1v) is 8.57. The minimum Gasteiger partial charge on any atom is -0.341 e. The smallest absolute Gasteiger partial charge is 0.258 e. The first-order chi connectivity index (χ1) is 11.9. The summed E-state index contributed by atoms with van der Waals surface area (Å²) in [6, 6.07) is 4.10. The molecule has 1 aromatic carbocycles. The minimum absolute atomic E-state index is 0.107. The van der Waals surface area contributed by atoms with Crippen LogP contribution in [-0.2, 0) is 14.5 Å². The van der Waals surface area contributed by atoms with Crippen LogP contribution in [0.4, 0.5) is 0 Å². The van der Waals surface area contributed by atoms with Crippen LogP contribution < -0.4 is 0 Å². The van der Waals surface area contributed by atoms with Crippen LogP contribution in [-0.4, -0.2) is 53.9 Å². The Bertz CT molecular complexity index is 710. The Morgan fingerprint density at radius 1 is 1.12 bits per heavy atom. The van der Waals surface area contributed by atoms with E-state index in [1.165, 1.54) is 0 Å². The number of benzene rings is 1. The van der Waals surface area contributed by atoms with Gasteiger partial charge in [-0.1, -0.05) is 17.7 Å². The van der Waals surface area contributed by atoms with Gasteiger partial charge in [0.15, 0.2) is 5.76 Å². The number of rotatable bonds is 3. The largest absolute Gasteiger partial charge is 0.341 e. The Labute approximate surface area is 148 Å². The summed E-state index contributed by atoms with van der Waals surface area (Å²) in [5.74, 6) is 0.260. The number of hydrogen-bond donors (Lipinski definition) is 1. The van der Waals surface area contributed by atoms with E-state index >= 15 is 0 Å². The van der Waals surface area contributed by atoms with Crippen molar-refractivity contribution in [2.45, 2.75) is 39.2 Å². The Hall–Kier alpha value is -1.89. The summed E-state index contributed by atoms with van der Waals surface area (Å²) < 4.78 is 0. The van der Waals surface area contributed by atoms with Crippen LogP contribution >= 0.6 is 0 Å². The first-order valence-electron chi connectivity index (χ1n) is 8.57. The van der Waals surface area contributed by atoms with E-state index in [9.17, 15) is 10.1 Å². The van der Waals surface area contributed by atoms with Gasteiger partial charge in [-0.15, -0.1) is 0 Å². The van der Waals surface area contributed by atoms with Gasteiger partial charge in [0.25, 0.3) is 5.91 Å².